The first-order chi connectivity index (χ1) is 17.0. The lowest BCUT2D eigenvalue weighted by molar-refractivity contribution is -0.111. The first kappa shape index (κ1) is 24.4. The van der Waals surface area contributed by atoms with E-state index in [0.717, 1.165) is 73.0 Å². The highest BCUT2D eigenvalue weighted by atomic mass is 16.5. The third-order valence-corrected chi connectivity index (χ3v) is 6.34. The number of hydrogen-bond donors (Lipinski definition) is 1. The summed E-state index contributed by atoms with van der Waals surface area (Å²) in [5.74, 6) is 0.676. The number of aromatic nitrogens is 2. The first-order valence-electron chi connectivity index (χ1n) is 12.0. The number of piperazine rings is 1. The number of hydrogen-bond acceptors (Lipinski definition) is 6. The van der Waals surface area contributed by atoms with Crippen molar-refractivity contribution in [1.29, 1.82) is 0 Å². The summed E-state index contributed by atoms with van der Waals surface area (Å²) in [4.78, 5) is 25.3. The Morgan fingerprint density at radius 3 is 2.63 bits per heavy atom. The lowest BCUT2D eigenvalue weighted by Crippen LogP contribution is -2.44. The Morgan fingerprint density at radius 1 is 1.06 bits per heavy atom. The van der Waals surface area contributed by atoms with Crippen LogP contribution in [-0.4, -0.2) is 61.1 Å². The fourth-order valence-electron chi connectivity index (χ4n) is 4.28. The van der Waals surface area contributed by atoms with E-state index >= 15 is 0 Å². The average Bonchev–Trinajstić information content (AvgIpc) is 2.88. The molecular weight excluding hydrogens is 438 g/mol. The van der Waals surface area contributed by atoms with Gasteiger partial charge in [0.05, 0.1) is 7.11 Å². The van der Waals surface area contributed by atoms with Gasteiger partial charge in [-0.05, 0) is 55.8 Å². The normalized spacial score (nSPS) is 13.9. The van der Waals surface area contributed by atoms with Crippen molar-refractivity contribution in [3.8, 4) is 5.75 Å². The molecule has 1 N–H and O–H groups in total. The Labute approximate surface area is 207 Å². The van der Waals surface area contributed by atoms with Gasteiger partial charge >= 0.3 is 0 Å². The molecule has 0 spiro atoms. The molecule has 0 radical (unpaired) electrons. The predicted octanol–water partition coefficient (Wildman–Crippen LogP) is 3.74. The van der Waals surface area contributed by atoms with Gasteiger partial charge in [-0.15, -0.1) is 0 Å². The van der Waals surface area contributed by atoms with Gasteiger partial charge in [0.1, 0.15) is 12.1 Å². The number of methoxy groups -OCH3 is 1. The van der Waals surface area contributed by atoms with E-state index < -0.39 is 0 Å². The summed E-state index contributed by atoms with van der Waals surface area (Å²) in [5, 5.41) is 2.80. The van der Waals surface area contributed by atoms with Crippen molar-refractivity contribution in [2.45, 2.75) is 19.3 Å². The van der Waals surface area contributed by atoms with Crippen molar-refractivity contribution in [2.24, 2.45) is 0 Å². The van der Waals surface area contributed by atoms with E-state index in [2.05, 4.69) is 69.0 Å². The first-order valence-corrected chi connectivity index (χ1v) is 12.0. The van der Waals surface area contributed by atoms with Crippen LogP contribution in [0.15, 0.2) is 67.5 Å². The van der Waals surface area contributed by atoms with Gasteiger partial charge in [-0.1, -0.05) is 24.8 Å². The molecule has 1 fully saturated rings. The van der Waals surface area contributed by atoms with E-state index in [0.29, 0.717) is 6.42 Å². The van der Waals surface area contributed by atoms with E-state index in [1.807, 2.05) is 18.2 Å². The molecule has 7 nitrogen and oxygen atoms in total. The van der Waals surface area contributed by atoms with E-state index in [1.54, 1.807) is 13.4 Å². The highest BCUT2D eigenvalue weighted by molar-refractivity contribution is 5.98. The van der Waals surface area contributed by atoms with Gasteiger partial charge in [-0.3, -0.25) is 4.79 Å². The number of aryl methyl sites for hydroxylation is 2. The quantitative estimate of drug-likeness (QED) is 0.480. The van der Waals surface area contributed by atoms with Crippen LogP contribution >= 0.6 is 0 Å². The largest absolute Gasteiger partial charge is 0.496 e. The number of nitrogens with one attached hydrogen (secondary N) is 1. The molecule has 0 aliphatic carbocycles. The molecule has 0 bridgehead atoms. The number of carbonyl (C=O) groups is 1. The maximum absolute atomic E-state index is 11.6. The number of ether oxygens (including phenoxy) is 1. The Hall–Kier alpha value is -3.71. The summed E-state index contributed by atoms with van der Waals surface area (Å²) in [5.41, 5.74) is 6.17. The molecule has 7 heteroatoms. The maximum atomic E-state index is 11.6. The third-order valence-electron chi connectivity index (χ3n) is 6.34. The van der Waals surface area contributed by atoms with Gasteiger partial charge in [0.15, 0.2) is 0 Å². The van der Waals surface area contributed by atoms with Crippen LogP contribution < -0.4 is 15.0 Å². The van der Waals surface area contributed by atoms with Gasteiger partial charge in [0.2, 0.25) is 5.91 Å². The molecule has 1 aliphatic heterocycles. The van der Waals surface area contributed by atoms with E-state index in [-0.39, 0.29) is 5.91 Å². The third kappa shape index (κ3) is 6.67. The SMILES string of the molecule is C=CC(=O)Nc1cccc(CCc2cc(Cc3ccc(N4CCN(C)CC4)cc3OC)ncn2)c1. The summed E-state index contributed by atoms with van der Waals surface area (Å²) in [6.07, 6.45) is 5.19. The summed E-state index contributed by atoms with van der Waals surface area (Å²) < 4.78 is 5.74. The molecule has 1 saturated heterocycles. The zero-order valence-corrected chi connectivity index (χ0v) is 20.5. The van der Waals surface area contributed by atoms with Crippen molar-refractivity contribution in [3.63, 3.8) is 0 Å². The lowest BCUT2D eigenvalue weighted by Gasteiger charge is -2.34. The Morgan fingerprint density at radius 2 is 1.86 bits per heavy atom. The molecule has 2 aromatic carbocycles. The second-order valence-electron chi connectivity index (χ2n) is 8.86. The number of rotatable bonds is 9. The van der Waals surface area contributed by atoms with Crippen LogP contribution in [0.3, 0.4) is 0 Å². The van der Waals surface area contributed by atoms with Gasteiger partial charge in [-0.25, -0.2) is 9.97 Å². The molecule has 35 heavy (non-hydrogen) atoms. The van der Waals surface area contributed by atoms with Gasteiger partial charge < -0.3 is 19.9 Å². The number of likely N-dealkylation sites (N-methyl/N-ethyl adjacent to an activating group) is 1. The highest BCUT2D eigenvalue weighted by Gasteiger charge is 2.16. The van der Waals surface area contributed by atoms with Crippen molar-refractivity contribution in [3.05, 3.63) is 90.0 Å². The van der Waals surface area contributed by atoms with Crippen LogP contribution in [0.5, 0.6) is 5.75 Å². The highest BCUT2D eigenvalue weighted by Crippen LogP contribution is 2.28. The molecule has 4 rings (SSSR count). The van der Waals surface area contributed by atoms with Crippen molar-refractivity contribution < 1.29 is 9.53 Å². The molecule has 0 unspecified atom stereocenters. The maximum Gasteiger partial charge on any atom is 0.247 e. The molecule has 182 valence electrons. The Balaban J connectivity index is 1.41. The molecule has 0 atom stereocenters. The molecular formula is C28H33N5O2. The fraction of sp³-hybridized carbons (Fsp3) is 0.321. The Kier molecular flexibility index (Phi) is 8.11. The predicted molar refractivity (Wildman–Crippen MR) is 140 cm³/mol. The number of benzene rings is 2. The average molecular weight is 472 g/mol. The standard InChI is InChI=1S/C28H33N5O2/c1-4-28(34)31-24-7-5-6-21(16-24)8-10-23-18-25(30-20-29-23)17-22-9-11-26(19-27(22)35-3)33-14-12-32(2)13-15-33/h4-7,9,11,16,18-20H,1,8,10,12-15,17H2,2-3H3,(H,31,34). The van der Waals surface area contributed by atoms with Crippen LogP contribution in [0.2, 0.25) is 0 Å². The fourth-order valence-corrected chi connectivity index (χ4v) is 4.28. The van der Waals surface area contributed by atoms with Crippen molar-refractivity contribution in [2.75, 3.05) is 50.6 Å². The molecule has 1 amide bonds. The summed E-state index contributed by atoms with van der Waals surface area (Å²) in [6.45, 7) is 7.69. The number of anilines is 2. The lowest BCUT2D eigenvalue weighted by atomic mass is 10.0. The number of carbonyl (C=O) groups excluding carboxylic acids is 1. The second-order valence-corrected chi connectivity index (χ2v) is 8.86. The van der Waals surface area contributed by atoms with E-state index in [1.165, 1.54) is 11.8 Å². The number of nitrogens with zero attached hydrogens (tertiary/aromatic N) is 4. The van der Waals surface area contributed by atoms with Crippen LogP contribution in [0.25, 0.3) is 0 Å². The van der Waals surface area contributed by atoms with Crippen molar-refractivity contribution in [1.82, 2.24) is 14.9 Å². The minimum absolute atomic E-state index is 0.213. The van der Waals surface area contributed by atoms with Gasteiger partial charge in [0.25, 0.3) is 0 Å². The van der Waals surface area contributed by atoms with E-state index in [9.17, 15) is 4.79 Å². The minimum atomic E-state index is -0.213. The summed E-state index contributed by atoms with van der Waals surface area (Å²) >= 11 is 0. The van der Waals surface area contributed by atoms with Gasteiger partial charge in [0, 0.05) is 67.0 Å². The summed E-state index contributed by atoms with van der Waals surface area (Å²) in [7, 11) is 3.89. The molecule has 2 heterocycles. The second kappa shape index (κ2) is 11.6. The number of amides is 1. The summed E-state index contributed by atoms with van der Waals surface area (Å²) in [6, 6.07) is 16.4. The van der Waals surface area contributed by atoms with Crippen LogP contribution in [0, 0.1) is 0 Å². The smallest absolute Gasteiger partial charge is 0.247 e. The topological polar surface area (TPSA) is 70.6 Å². The molecule has 1 aromatic heterocycles. The zero-order valence-electron chi connectivity index (χ0n) is 20.5. The minimum Gasteiger partial charge on any atom is -0.496 e. The van der Waals surface area contributed by atoms with Crippen LogP contribution in [0.4, 0.5) is 11.4 Å². The van der Waals surface area contributed by atoms with E-state index in [4.69, 9.17) is 4.74 Å². The van der Waals surface area contributed by atoms with Crippen LogP contribution in [0.1, 0.15) is 22.5 Å². The van der Waals surface area contributed by atoms with Crippen molar-refractivity contribution >= 4 is 17.3 Å². The molecule has 3 aromatic rings. The van der Waals surface area contributed by atoms with Crippen LogP contribution in [-0.2, 0) is 24.1 Å². The monoisotopic (exact) mass is 471 g/mol. The Bertz CT molecular complexity index is 1170. The zero-order chi connectivity index (χ0) is 24.6. The molecule has 0 saturated carbocycles. The molecule has 1 aliphatic rings. The van der Waals surface area contributed by atoms with Gasteiger partial charge in [-0.2, -0.15) is 0 Å².